The molecule has 218 valence electrons. The fraction of sp³-hybridized carbons (Fsp3) is 0.429. The van der Waals surface area contributed by atoms with Gasteiger partial charge >= 0.3 is 0 Å². The number of amidine groups is 1. The molecular formula is C28H38FN11O. The Hall–Kier alpha value is -4.39. The summed E-state index contributed by atoms with van der Waals surface area (Å²) in [6.45, 7) is 14.4. The molecule has 0 unspecified atom stereocenters. The first-order chi connectivity index (χ1) is 19.3. The van der Waals surface area contributed by atoms with Gasteiger partial charge in [0.2, 0.25) is 5.95 Å². The van der Waals surface area contributed by atoms with Crippen molar-refractivity contribution in [3.63, 3.8) is 0 Å². The highest BCUT2D eigenvalue weighted by Crippen LogP contribution is 2.28. The summed E-state index contributed by atoms with van der Waals surface area (Å²) < 4.78 is 14.7. The van der Waals surface area contributed by atoms with Crippen molar-refractivity contribution in [1.82, 2.24) is 30.2 Å². The number of aromatic nitrogens is 4. The third-order valence-corrected chi connectivity index (χ3v) is 6.66. The number of nitrogens with one attached hydrogen (secondary N) is 3. The number of halogens is 1. The number of nitrogens with zero attached hydrogens (tertiary/aromatic N) is 6. The molecule has 12 nitrogen and oxygen atoms in total. The zero-order chi connectivity index (χ0) is 29.9. The Kier molecular flexibility index (Phi) is 8.66. The predicted octanol–water partition coefficient (Wildman–Crippen LogP) is 3.26. The van der Waals surface area contributed by atoms with Gasteiger partial charge in [-0.05, 0) is 30.2 Å². The van der Waals surface area contributed by atoms with E-state index in [1.165, 1.54) is 24.5 Å². The van der Waals surface area contributed by atoms with E-state index in [0.29, 0.717) is 40.1 Å². The molecule has 1 aliphatic rings. The second kappa shape index (κ2) is 12.0. The van der Waals surface area contributed by atoms with E-state index in [-0.39, 0.29) is 22.6 Å². The van der Waals surface area contributed by atoms with Gasteiger partial charge in [0.25, 0.3) is 5.91 Å². The summed E-state index contributed by atoms with van der Waals surface area (Å²) in [7, 11) is 0. The van der Waals surface area contributed by atoms with Gasteiger partial charge in [0.15, 0.2) is 11.6 Å². The minimum Gasteiger partial charge on any atom is -0.401 e. The molecule has 2 aromatic heterocycles. The van der Waals surface area contributed by atoms with Gasteiger partial charge in [-0.1, -0.05) is 34.6 Å². The summed E-state index contributed by atoms with van der Waals surface area (Å²) in [6, 6.07) is 3.97. The maximum Gasteiger partial charge on any atom is 0.259 e. The van der Waals surface area contributed by atoms with Gasteiger partial charge in [0.1, 0.15) is 29.0 Å². The first-order valence-electron chi connectivity index (χ1n) is 13.5. The van der Waals surface area contributed by atoms with Crippen LogP contribution in [0.5, 0.6) is 0 Å². The highest BCUT2D eigenvalue weighted by atomic mass is 19.1. The molecule has 4 rings (SSSR count). The quantitative estimate of drug-likeness (QED) is 0.212. The normalized spacial score (nSPS) is 14.9. The number of carbonyl (C=O) groups is 1. The number of hydrogen-bond acceptors (Lipinski definition) is 11. The van der Waals surface area contributed by atoms with Gasteiger partial charge in [-0.3, -0.25) is 15.1 Å². The van der Waals surface area contributed by atoms with Gasteiger partial charge in [0, 0.05) is 49.5 Å². The number of nitrogens with two attached hydrogens (primary N) is 2. The molecule has 3 heterocycles. The van der Waals surface area contributed by atoms with Crippen molar-refractivity contribution >= 4 is 46.0 Å². The highest BCUT2D eigenvalue weighted by molar-refractivity contribution is 6.09. The van der Waals surface area contributed by atoms with E-state index < -0.39 is 11.7 Å². The largest absolute Gasteiger partial charge is 0.401 e. The van der Waals surface area contributed by atoms with Crippen molar-refractivity contribution in [1.29, 1.82) is 5.41 Å². The van der Waals surface area contributed by atoms with Crippen LogP contribution in [0.1, 0.15) is 45.0 Å². The molecule has 1 saturated heterocycles. The molecule has 1 amide bonds. The van der Waals surface area contributed by atoms with Crippen molar-refractivity contribution < 1.29 is 9.18 Å². The number of hydrogen-bond donors (Lipinski definition) is 5. The maximum absolute atomic E-state index is 14.7. The second-order valence-electron chi connectivity index (χ2n) is 11.5. The van der Waals surface area contributed by atoms with E-state index in [2.05, 4.69) is 49.2 Å². The lowest BCUT2D eigenvalue weighted by atomic mass is 9.92. The molecule has 0 spiro atoms. The van der Waals surface area contributed by atoms with Gasteiger partial charge in [-0.15, -0.1) is 0 Å². The third-order valence-electron chi connectivity index (χ3n) is 6.66. The van der Waals surface area contributed by atoms with Crippen LogP contribution in [0.4, 0.5) is 27.7 Å². The van der Waals surface area contributed by atoms with Crippen molar-refractivity contribution in [2.24, 2.45) is 17.1 Å². The zero-order valence-electron chi connectivity index (χ0n) is 24.1. The molecule has 0 bridgehead atoms. The molecule has 7 N–H and O–H groups in total. The number of allylic oxidation sites excluding steroid dienone is 1. The van der Waals surface area contributed by atoms with Crippen LogP contribution in [0.15, 0.2) is 36.3 Å². The molecule has 13 heteroatoms. The van der Waals surface area contributed by atoms with E-state index in [4.69, 9.17) is 21.9 Å². The second-order valence-corrected chi connectivity index (χ2v) is 11.5. The number of benzene rings is 1. The van der Waals surface area contributed by atoms with Crippen LogP contribution in [-0.2, 0) is 0 Å². The number of carbonyl (C=O) groups excluding carboxylic acids is 1. The van der Waals surface area contributed by atoms with Crippen LogP contribution in [0.25, 0.3) is 11.0 Å². The summed E-state index contributed by atoms with van der Waals surface area (Å²) in [5.74, 6) is -0.146. The molecule has 1 aliphatic heterocycles. The average molecular weight is 564 g/mol. The standard InChI is InChI=1S/C28H38FN11O/c1-16(2)14-39-8-10-40(11-9-39)27-37-23-22(24(32)38-27)33-15-34-25(23)35-17-6-7-19(29)18(12-17)26(41)36-21(31)13-20(30)28(3,4)5/h6-7,12-13,15-16H,8-11,14,30H2,1-5H3,(H2,31,36,41)(H2,32,37,38)(H,33,34,35). The zero-order valence-corrected chi connectivity index (χ0v) is 24.1. The molecule has 3 aromatic rings. The molecule has 0 radical (unpaired) electrons. The van der Waals surface area contributed by atoms with Crippen LogP contribution in [-0.4, -0.2) is 69.3 Å². The Labute approximate surface area is 239 Å². The van der Waals surface area contributed by atoms with E-state index >= 15 is 0 Å². The summed E-state index contributed by atoms with van der Waals surface area (Å²) in [6.07, 6.45) is 2.68. The Morgan fingerprint density at radius 1 is 1.15 bits per heavy atom. The molecule has 1 aromatic carbocycles. The van der Waals surface area contributed by atoms with Crippen LogP contribution in [0, 0.1) is 22.6 Å². The third kappa shape index (κ3) is 7.23. The highest BCUT2D eigenvalue weighted by Gasteiger charge is 2.22. The minimum absolute atomic E-state index is 0.223. The van der Waals surface area contributed by atoms with Crippen molar-refractivity contribution in [3.8, 4) is 0 Å². The van der Waals surface area contributed by atoms with Gasteiger partial charge in [-0.25, -0.2) is 19.3 Å². The van der Waals surface area contributed by atoms with Crippen LogP contribution in [0.2, 0.25) is 0 Å². The number of fused-ring (bicyclic) bond motifs is 1. The van der Waals surface area contributed by atoms with Gasteiger partial charge in [-0.2, -0.15) is 4.98 Å². The maximum atomic E-state index is 14.7. The Bertz CT molecular complexity index is 1470. The van der Waals surface area contributed by atoms with Crippen LogP contribution < -0.4 is 27.0 Å². The Morgan fingerprint density at radius 2 is 1.85 bits per heavy atom. The Morgan fingerprint density at radius 3 is 2.51 bits per heavy atom. The summed E-state index contributed by atoms with van der Waals surface area (Å²) in [5, 5.41) is 13.5. The lowest BCUT2D eigenvalue weighted by molar-refractivity contribution is 0.0973. The van der Waals surface area contributed by atoms with Crippen molar-refractivity contribution in [2.75, 3.05) is 48.7 Å². The average Bonchev–Trinajstić information content (AvgIpc) is 2.89. The van der Waals surface area contributed by atoms with E-state index in [1.54, 1.807) is 0 Å². The number of amides is 1. The fourth-order valence-electron chi connectivity index (χ4n) is 4.35. The van der Waals surface area contributed by atoms with Crippen molar-refractivity contribution in [3.05, 3.63) is 47.7 Å². The lowest BCUT2D eigenvalue weighted by Crippen LogP contribution is -2.48. The lowest BCUT2D eigenvalue weighted by Gasteiger charge is -2.35. The first-order valence-corrected chi connectivity index (χ1v) is 13.5. The molecule has 0 aliphatic carbocycles. The minimum atomic E-state index is -0.785. The smallest absolute Gasteiger partial charge is 0.259 e. The molecule has 41 heavy (non-hydrogen) atoms. The van der Waals surface area contributed by atoms with Gasteiger partial charge < -0.3 is 27.0 Å². The van der Waals surface area contributed by atoms with E-state index in [9.17, 15) is 9.18 Å². The van der Waals surface area contributed by atoms with Crippen LogP contribution >= 0.6 is 0 Å². The number of anilines is 4. The van der Waals surface area contributed by atoms with Gasteiger partial charge in [0.05, 0.1) is 5.56 Å². The first kappa shape index (κ1) is 29.6. The van der Waals surface area contributed by atoms with Crippen LogP contribution in [0.3, 0.4) is 0 Å². The summed E-state index contributed by atoms with van der Waals surface area (Å²) in [4.78, 5) is 35.1. The predicted molar refractivity (Wildman–Crippen MR) is 160 cm³/mol. The fourth-order valence-corrected chi connectivity index (χ4v) is 4.35. The summed E-state index contributed by atoms with van der Waals surface area (Å²) in [5.41, 5.74) is 13.2. The van der Waals surface area contributed by atoms with E-state index in [0.717, 1.165) is 38.8 Å². The van der Waals surface area contributed by atoms with Crippen molar-refractivity contribution in [2.45, 2.75) is 34.6 Å². The van der Waals surface area contributed by atoms with E-state index in [1.807, 2.05) is 20.8 Å². The monoisotopic (exact) mass is 563 g/mol. The topological polar surface area (TPSA) is 175 Å². The summed E-state index contributed by atoms with van der Waals surface area (Å²) >= 11 is 0. The number of rotatable bonds is 7. The Balaban J connectivity index is 1.56. The molecule has 0 saturated carbocycles. The number of nitrogen functional groups attached to an aromatic ring is 1. The SMILES string of the molecule is CC(C)CN1CCN(c2nc(N)c3ncnc(Nc4ccc(F)c(C(=O)NC(=N)C=C(N)C(C)(C)C)c4)c3n2)CC1. The molecule has 1 fully saturated rings. The molecular weight excluding hydrogens is 525 g/mol. The number of piperazine rings is 1. The molecule has 0 atom stereocenters.